The van der Waals surface area contributed by atoms with Crippen molar-refractivity contribution in [2.75, 3.05) is 7.11 Å². The summed E-state index contributed by atoms with van der Waals surface area (Å²) in [6.07, 6.45) is 1.51. The molecule has 0 saturated heterocycles. The van der Waals surface area contributed by atoms with Crippen molar-refractivity contribution in [3.8, 4) is 0 Å². The van der Waals surface area contributed by atoms with Crippen LogP contribution >= 0.6 is 0 Å². The quantitative estimate of drug-likeness (QED) is 0.668. The maximum atomic E-state index is 13.6. The summed E-state index contributed by atoms with van der Waals surface area (Å²) in [5.41, 5.74) is 0.939. The number of halogens is 1. The van der Waals surface area contributed by atoms with Crippen LogP contribution in [0.4, 0.5) is 4.39 Å². The van der Waals surface area contributed by atoms with Gasteiger partial charge in [-0.3, -0.25) is 4.40 Å². The minimum absolute atomic E-state index is 0.285. The molecule has 0 aliphatic heterocycles. The van der Waals surface area contributed by atoms with E-state index in [0.29, 0.717) is 5.65 Å². The van der Waals surface area contributed by atoms with Crippen LogP contribution in [-0.2, 0) is 4.74 Å². The first kappa shape index (κ1) is 9.64. The normalized spacial score (nSPS) is 10.6. The molecule has 0 aliphatic rings. The van der Waals surface area contributed by atoms with Crippen molar-refractivity contribution < 1.29 is 13.9 Å². The molecule has 15 heavy (non-hydrogen) atoms. The number of imidazole rings is 1. The Morgan fingerprint density at radius 1 is 1.60 bits per heavy atom. The first-order valence-corrected chi connectivity index (χ1v) is 4.36. The number of hydrogen-bond acceptors (Lipinski definition) is 3. The summed E-state index contributed by atoms with van der Waals surface area (Å²) in [6, 6.07) is 3.48. The maximum Gasteiger partial charge on any atom is 0.361 e. The van der Waals surface area contributed by atoms with Gasteiger partial charge in [0.1, 0.15) is 5.65 Å². The number of methoxy groups -OCH3 is 1. The minimum Gasteiger partial charge on any atom is -0.464 e. The second-order valence-corrected chi connectivity index (χ2v) is 3.13. The monoisotopic (exact) mass is 208 g/mol. The molecule has 0 aromatic carbocycles. The van der Waals surface area contributed by atoms with Crippen LogP contribution in [0.1, 0.15) is 16.1 Å². The van der Waals surface area contributed by atoms with Gasteiger partial charge in [-0.2, -0.15) is 4.39 Å². The average molecular weight is 208 g/mol. The number of ether oxygens (including phenoxy) is 1. The number of aryl methyl sites for hydroxylation is 1. The fourth-order valence-electron chi connectivity index (χ4n) is 1.40. The van der Waals surface area contributed by atoms with Crippen LogP contribution in [0.3, 0.4) is 0 Å². The van der Waals surface area contributed by atoms with E-state index in [1.165, 1.54) is 17.7 Å². The summed E-state index contributed by atoms with van der Waals surface area (Å²) in [7, 11) is 1.19. The predicted octanol–water partition coefficient (Wildman–Crippen LogP) is 1.57. The standard InChI is InChI=1S/C10H9FN2O2/c1-6-4-3-5-13-8(11)7(10(14)15-2)12-9(6)13/h3-5H,1-2H3. The Morgan fingerprint density at radius 2 is 2.33 bits per heavy atom. The highest BCUT2D eigenvalue weighted by atomic mass is 19.1. The molecule has 5 heteroatoms. The van der Waals surface area contributed by atoms with E-state index < -0.39 is 11.9 Å². The molecule has 0 atom stereocenters. The maximum absolute atomic E-state index is 13.6. The minimum atomic E-state index is -0.768. The third kappa shape index (κ3) is 1.36. The third-order valence-corrected chi connectivity index (χ3v) is 2.17. The summed E-state index contributed by atoms with van der Waals surface area (Å²) in [5.74, 6) is -1.46. The molecule has 2 heterocycles. The zero-order valence-electron chi connectivity index (χ0n) is 8.32. The van der Waals surface area contributed by atoms with Crippen LogP contribution in [0.15, 0.2) is 18.3 Å². The van der Waals surface area contributed by atoms with Crippen LogP contribution in [0.25, 0.3) is 5.65 Å². The van der Waals surface area contributed by atoms with Crippen molar-refractivity contribution in [2.24, 2.45) is 0 Å². The number of aromatic nitrogens is 2. The van der Waals surface area contributed by atoms with E-state index >= 15 is 0 Å². The van der Waals surface area contributed by atoms with Crippen molar-refractivity contribution >= 4 is 11.6 Å². The summed E-state index contributed by atoms with van der Waals surface area (Å²) in [6.45, 7) is 1.79. The molecule has 0 amide bonds. The molecule has 2 aromatic rings. The summed E-state index contributed by atoms with van der Waals surface area (Å²) < 4.78 is 19.3. The number of carbonyl (C=O) groups excluding carboxylic acids is 1. The number of nitrogens with zero attached hydrogens (tertiary/aromatic N) is 2. The molecule has 4 nitrogen and oxygen atoms in total. The van der Waals surface area contributed by atoms with Gasteiger partial charge in [-0.25, -0.2) is 9.78 Å². The average Bonchev–Trinajstić information content (AvgIpc) is 2.57. The molecule has 0 saturated carbocycles. The molecule has 0 spiro atoms. The molecular weight excluding hydrogens is 199 g/mol. The lowest BCUT2D eigenvalue weighted by Gasteiger charge is -1.95. The Bertz CT molecular complexity index is 533. The topological polar surface area (TPSA) is 43.6 Å². The van der Waals surface area contributed by atoms with Crippen LogP contribution in [0.2, 0.25) is 0 Å². The lowest BCUT2D eigenvalue weighted by molar-refractivity contribution is 0.0589. The number of esters is 1. The highest BCUT2D eigenvalue weighted by Crippen LogP contribution is 2.14. The zero-order chi connectivity index (χ0) is 11.0. The Kier molecular flexibility index (Phi) is 2.15. The molecule has 2 rings (SSSR count). The second kappa shape index (κ2) is 3.34. The molecule has 0 aliphatic carbocycles. The molecule has 0 bridgehead atoms. The first-order valence-electron chi connectivity index (χ1n) is 4.36. The van der Waals surface area contributed by atoms with E-state index in [2.05, 4.69) is 9.72 Å². The lowest BCUT2D eigenvalue weighted by atomic mass is 10.3. The smallest absolute Gasteiger partial charge is 0.361 e. The molecule has 0 radical (unpaired) electrons. The van der Waals surface area contributed by atoms with Gasteiger partial charge < -0.3 is 4.74 Å². The van der Waals surface area contributed by atoms with E-state index in [1.807, 2.05) is 0 Å². The number of hydrogen-bond donors (Lipinski definition) is 0. The van der Waals surface area contributed by atoms with Gasteiger partial charge in [0, 0.05) is 6.20 Å². The highest BCUT2D eigenvalue weighted by molar-refractivity contribution is 5.88. The fourth-order valence-corrected chi connectivity index (χ4v) is 1.40. The first-order chi connectivity index (χ1) is 7.15. The van der Waals surface area contributed by atoms with E-state index in [1.54, 1.807) is 19.1 Å². The van der Waals surface area contributed by atoms with E-state index in [-0.39, 0.29) is 5.69 Å². The van der Waals surface area contributed by atoms with Crippen LogP contribution in [0.5, 0.6) is 0 Å². The van der Waals surface area contributed by atoms with Crippen molar-refractivity contribution in [3.05, 3.63) is 35.5 Å². The van der Waals surface area contributed by atoms with E-state index in [0.717, 1.165) is 5.56 Å². The molecule has 78 valence electrons. The van der Waals surface area contributed by atoms with Gasteiger partial charge in [0.2, 0.25) is 11.6 Å². The molecule has 0 unspecified atom stereocenters. The largest absolute Gasteiger partial charge is 0.464 e. The van der Waals surface area contributed by atoms with Crippen LogP contribution in [0, 0.1) is 12.9 Å². The molecule has 0 fully saturated rings. The SMILES string of the molecule is COC(=O)c1nc2c(C)cccn2c1F. The Morgan fingerprint density at radius 3 is 2.93 bits per heavy atom. The Hall–Kier alpha value is -1.91. The van der Waals surface area contributed by atoms with Crippen molar-refractivity contribution in [1.82, 2.24) is 9.38 Å². The number of rotatable bonds is 1. The van der Waals surface area contributed by atoms with Gasteiger partial charge in [-0.1, -0.05) is 6.07 Å². The number of carbonyl (C=O) groups is 1. The molecule has 0 N–H and O–H groups in total. The number of fused-ring (bicyclic) bond motifs is 1. The van der Waals surface area contributed by atoms with E-state index in [4.69, 9.17) is 0 Å². The Labute approximate surface area is 85.3 Å². The summed E-state index contributed by atoms with van der Waals surface area (Å²) in [4.78, 5) is 15.1. The van der Waals surface area contributed by atoms with Gasteiger partial charge in [-0.05, 0) is 18.6 Å². The number of pyridine rings is 1. The van der Waals surface area contributed by atoms with Gasteiger partial charge >= 0.3 is 5.97 Å². The molecular formula is C10H9FN2O2. The second-order valence-electron chi connectivity index (χ2n) is 3.13. The van der Waals surface area contributed by atoms with Gasteiger partial charge in [0.15, 0.2) is 0 Å². The summed E-state index contributed by atoms with van der Waals surface area (Å²) >= 11 is 0. The van der Waals surface area contributed by atoms with Crippen molar-refractivity contribution in [3.63, 3.8) is 0 Å². The fraction of sp³-hybridized carbons (Fsp3) is 0.200. The van der Waals surface area contributed by atoms with Gasteiger partial charge in [-0.15, -0.1) is 0 Å². The van der Waals surface area contributed by atoms with Crippen LogP contribution < -0.4 is 0 Å². The van der Waals surface area contributed by atoms with Gasteiger partial charge in [0.05, 0.1) is 7.11 Å². The third-order valence-electron chi connectivity index (χ3n) is 2.17. The zero-order valence-corrected chi connectivity index (χ0v) is 8.32. The molecule has 2 aromatic heterocycles. The van der Waals surface area contributed by atoms with Gasteiger partial charge in [0.25, 0.3) is 0 Å². The van der Waals surface area contributed by atoms with Crippen molar-refractivity contribution in [2.45, 2.75) is 6.92 Å². The predicted molar refractivity (Wildman–Crippen MR) is 51.2 cm³/mol. The van der Waals surface area contributed by atoms with E-state index in [9.17, 15) is 9.18 Å². The van der Waals surface area contributed by atoms with Crippen molar-refractivity contribution in [1.29, 1.82) is 0 Å². The van der Waals surface area contributed by atoms with Crippen LogP contribution in [-0.4, -0.2) is 22.5 Å². The summed E-state index contributed by atoms with van der Waals surface area (Å²) in [5, 5.41) is 0. The lowest BCUT2D eigenvalue weighted by Crippen LogP contribution is -2.04. The Balaban J connectivity index is 2.75. The highest BCUT2D eigenvalue weighted by Gasteiger charge is 2.19.